The molecule has 0 saturated carbocycles. The highest BCUT2D eigenvalue weighted by Crippen LogP contribution is 2.50. The van der Waals surface area contributed by atoms with E-state index in [1.165, 1.54) is 27.8 Å². The molecule has 310 valence electrons. The van der Waals surface area contributed by atoms with Gasteiger partial charge in [0.05, 0.1) is 5.69 Å². The zero-order valence-electron chi connectivity index (χ0n) is 36.2. The lowest BCUT2D eigenvalue weighted by Gasteiger charge is -2.30. The zero-order valence-corrected chi connectivity index (χ0v) is 36.2. The number of fused-ring (bicyclic) bond motifs is 5. The van der Waals surface area contributed by atoms with E-state index in [-0.39, 0.29) is 0 Å². The molecule has 0 amide bonds. The van der Waals surface area contributed by atoms with Crippen molar-refractivity contribution in [1.29, 1.82) is 0 Å². The Hall–Kier alpha value is -8.72. The van der Waals surface area contributed by atoms with Gasteiger partial charge in [-0.15, -0.1) is 0 Å². The van der Waals surface area contributed by atoms with Crippen LogP contribution in [0.15, 0.2) is 265 Å². The van der Waals surface area contributed by atoms with E-state index in [1.54, 1.807) is 0 Å². The van der Waals surface area contributed by atoms with Gasteiger partial charge in [-0.2, -0.15) is 0 Å². The largest absolute Gasteiger partial charge is 0.455 e. The normalized spacial score (nSPS) is 11.3. The number of benzene rings is 11. The Labute approximate surface area is 384 Å². The fourth-order valence-electron chi connectivity index (χ4n) is 9.77. The summed E-state index contributed by atoms with van der Waals surface area (Å²) in [6, 6.07) is 93.9. The van der Waals surface area contributed by atoms with E-state index in [0.29, 0.717) is 0 Å². The van der Waals surface area contributed by atoms with E-state index >= 15 is 0 Å². The maximum absolute atomic E-state index is 6.82. The van der Waals surface area contributed by atoms with Gasteiger partial charge in [-0.3, -0.25) is 0 Å². The standard InChI is InChI=1S/C64H43NO/c1-5-18-44(19-6-1)50-27-15-28-53(42-50)65(52-38-34-45(35-39-52)51-37-40-54(46-20-7-2-8-21-46)59(43-51)48-24-11-4-12-25-48)60-32-16-30-55(47-22-9-3-10-23-47)62(60)57-31-17-33-61-63(57)58-41-36-49-26-13-14-29-56(49)64(58)66-61/h1-43H. The minimum Gasteiger partial charge on any atom is -0.455 e. The Morgan fingerprint density at radius 3 is 1.56 bits per heavy atom. The number of anilines is 3. The first-order valence-electron chi connectivity index (χ1n) is 22.6. The molecule has 1 heterocycles. The van der Waals surface area contributed by atoms with Gasteiger partial charge < -0.3 is 9.32 Å². The smallest absolute Gasteiger partial charge is 0.143 e. The summed E-state index contributed by atoms with van der Waals surface area (Å²) in [5.74, 6) is 0. The second-order valence-electron chi connectivity index (χ2n) is 16.8. The Morgan fingerprint density at radius 1 is 0.288 bits per heavy atom. The van der Waals surface area contributed by atoms with E-state index in [4.69, 9.17) is 4.42 Å². The van der Waals surface area contributed by atoms with Gasteiger partial charge in [0.25, 0.3) is 0 Å². The Kier molecular flexibility index (Phi) is 9.89. The van der Waals surface area contributed by atoms with E-state index in [2.05, 4.69) is 266 Å². The molecular formula is C64H43NO. The number of furan rings is 1. The summed E-state index contributed by atoms with van der Waals surface area (Å²) < 4.78 is 6.82. The minimum absolute atomic E-state index is 0.864. The van der Waals surface area contributed by atoms with Crippen molar-refractivity contribution in [2.45, 2.75) is 0 Å². The van der Waals surface area contributed by atoms with Crippen LogP contribution in [0.5, 0.6) is 0 Å². The summed E-state index contributed by atoms with van der Waals surface area (Å²) in [6.07, 6.45) is 0. The van der Waals surface area contributed by atoms with Gasteiger partial charge in [0.1, 0.15) is 11.2 Å². The molecule has 0 unspecified atom stereocenters. The van der Waals surface area contributed by atoms with Gasteiger partial charge in [0.15, 0.2) is 0 Å². The average Bonchev–Trinajstić information content (AvgIpc) is 3.80. The molecule has 0 atom stereocenters. The summed E-state index contributed by atoms with van der Waals surface area (Å²) in [5.41, 5.74) is 18.9. The Balaban J connectivity index is 1.08. The van der Waals surface area contributed by atoms with Crippen molar-refractivity contribution in [1.82, 2.24) is 0 Å². The van der Waals surface area contributed by atoms with Crippen molar-refractivity contribution in [3.05, 3.63) is 261 Å². The molecule has 0 spiro atoms. The SMILES string of the molecule is c1ccc(-c2cccc(N(c3ccc(-c4ccc(-c5ccccc5)c(-c5ccccc5)c4)cc3)c3cccc(-c4ccccc4)c3-c3cccc4oc5c6ccccc6ccc5c34)c2)cc1. The van der Waals surface area contributed by atoms with E-state index in [9.17, 15) is 0 Å². The van der Waals surface area contributed by atoms with Crippen LogP contribution in [0.3, 0.4) is 0 Å². The highest BCUT2D eigenvalue weighted by Gasteiger charge is 2.24. The number of hydrogen-bond donors (Lipinski definition) is 0. The number of hydrogen-bond acceptors (Lipinski definition) is 2. The Bertz CT molecular complexity index is 3670. The van der Waals surface area contributed by atoms with Crippen molar-refractivity contribution in [2.24, 2.45) is 0 Å². The van der Waals surface area contributed by atoms with Crippen molar-refractivity contribution in [3.8, 4) is 66.8 Å². The van der Waals surface area contributed by atoms with Gasteiger partial charge in [0.2, 0.25) is 0 Å². The topological polar surface area (TPSA) is 16.4 Å². The molecule has 12 rings (SSSR count). The average molecular weight is 842 g/mol. The summed E-state index contributed by atoms with van der Waals surface area (Å²) in [6.45, 7) is 0. The molecule has 0 bridgehead atoms. The molecule has 0 saturated heterocycles. The molecule has 0 radical (unpaired) electrons. The van der Waals surface area contributed by atoms with Crippen molar-refractivity contribution >= 4 is 49.8 Å². The first-order valence-corrected chi connectivity index (χ1v) is 22.6. The molecule has 66 heavy (non-hydrogen) atoms. The van der Waals surface area contributed by atoms with E-state index in [0.717, 1.165) is 88.7 Å². The monoisotopic (exact) mass is 841 g/mol. The van der Waals surface area contributed by atoms with E-state index in [1.807, 2.05) is 0 Å². The van der Waals surface area contributed by atoms with Crippen molar-refractivity contribution in [2.75, 3.05) is 4.90 Å². The maximum Gasteiger partial charge on any atom is 0.143 e. The lowest BCUT2D eigenvalue weighted by Crippen LogP contribution is -2.12. The molecule has 0 aliphatic heterocycles. The van der Waals surface area contributed by atoms with Crippen LogP contribution in [-0.4, -0.2) is 0 Å². The quantitative estimate of drug-likeness (QED) is 0.144. The van der Waals surface area contributed by atoms with Crippen LogP contribution in [-0.2, 0) is 0 Å². The van der Waals surface area contributed by atoms with Gasteiger partial charge in [-0.25, -0.2) is 0 Å². The van der Waals surface area contributed by atoms with Crippen LogP contribution in [0.25, 0.3) is 99.5 Å². The summed E-state index contributed by atoms with van der Waals surface area (Å²) >= 11 is 0. The van der Waals surface area contributed by atoms with Gasteiger partial charge >= 0.3 is 0 Å². The van der Waals surface area contributed by atoms with Gasteiger partial charge in [-0.05, 0) is 115 Å². The molecule has 0 aliphatic carbocycles. The summed E-state index contributed by atoms with van der Waals surface area (Å²) in [4.78, 5) is 2.43. The lowest BCUT2D eigenvalue weighted by atomic mass is 9.89. The Morgan fingerprint density at radius 2 is 0.833 bits per heavy atom. The molecule has 12 aromatic rings. The molecule has 11 aromatic carbocycles. The van der Waals surface area contributed by atoms with Crippen LogP contribution < -0.4 is 4.90 Å². The first kappa shape index (κ1) is 38.9. The highest BCUT2D eigenvalue weighted by atomic mass is 16.3. The summed E-state index contributed by atoms with van der Waals surface area (Å²) in [7, 11) is 0. The molecule has 0 aliphatic rings. The lowest BCUT2D eigenvalue weighted by molar-refractivity contribution is 0.673. The zero-order chi connectivity index (χ0) is 43.8. The molecule has 2 heteroatoms. The van der Waals surface area contributed by atoms with Crippen LogP contribution >= 0.6 is 0 Å². The highest BCUT2D eigenvalue weighted by molar-refractivity contribution is 6.20. The predicted molar refractivity (Wildman–Crippen MR) is 279 cm³/mol. The third-order valence-electron chi connectivity index (χ3n) is 12.9. The molecule has 1 aromatic heterocycles. The second kappa shape index (κ2) is 16.8. The number of nitrogens with zero attached hydrogens (tertiary/aromatic N) is 1. The van der Waals surface area contributed by atoms with E-state index < -0.39 is 0 Å². The second-order valence-corrected chi connectivity index (χ2v) is 16.8. The third kappa shape index (κ3) is 7.02. The first-order chi connectivity index (χ1) is 32.7. The third-order valence-corrected chi connectivity index (χ3v) is 12.9. The van der Waals surface area contributed by atoms with Crippen LogP contribution in [0.2, 0.25) is 0 Å². The predicted octanol–water partition coefficient (Wildman–Crippen LogP) is 18.2. The maximum atomic E-state index is 6.82. The molecule has 2 nitrogen and oxygen atoms in total. The van der Waals surface area contributed by atoms with Crippen LogP contribution in [0.4, 0.5) is 17.1 Å². The fraction of sp³-hybridized carbons (Fsp3) is 0. The molecule has 0 fully saturated rings. The summed E-state index contributed by atoms with van der Waals surface area (Å²) in [5, 5.41) is 4.47. The fourth-order valence-corrected chi connectivity index (χ4v) is 9.77. The van der Waals surface area contributed by atoms with Crippen LogP contribution in [0.1, 0.15) is 0 Å². The molecular weight excluding hydrogens is 799 g/mol. The minimum atomic E-state index is 0.864. The van der Waals surface area contributed by atoms with Gasteiger partial charge in [-0.1, -0.05) is 212 Å². The van der Waals surface area contributed by atoms with Crippen molar-refractivity contribution < 1.29 is 4.42 Å². The number of rotatable bonds is 9. The molecule has 0 N–H and O–H groups in total. The van der Waals surface area contributed by atoms with Crippen molar-refractivity contribution in [3.63, 3.8) is 0 Å². The van der Waals surface area contributed by atoms with Crippen LogP contribution in [0, 0.1) is 0 Å². The van der Waals surface area contributed by atoms with Gasteiger partial charge in [0, 0.05) is 33.1 Å².